The number of imidazole rings is 2. The lowest BCUT2D eigenvalue weighted by molar-refractivity contribution is 0.104. The predicted molar refractivity (Wildman–Crippen MR) is 172 cm³/mol. The molecule has 0 aliphatic heterocycles. The molecule has 0 amide bonds. The van der Waals surface area contributed by atoms with Crippen LogP contribution in [-0.2, 0) is 6.54 Å². The lowest BCUT2D eigenvalue weighted by atomic mass is 10.0. The van der Waals surface area contributed by atoms with Gasteiger partial charge in [0.2, 0.25) is 11.6 Å². The van der Waals surface area contributed by atoms with Gasteiger partial charge in [-0.2, -0.15) is 0 Å². The standard InChI is InChI=1S/C37H29N3O3/c1-42-32-23-21-26(34-28(32)16-11-19-33(34)43-2)20-22-31(41)36-35(27-14-7-4-8-15-27)38-37-39(24-25-12-5-3-6-13-25)29-17-9-10-18-30(29)40(36)37/h3-23H,24H2,1-2H3/b22-20-. The van der Waals surface area contributed by atoms with Gasteiger partial charge in [-0.1, -0.05) is 97.1 Å². The second-order valence-corrected chi connectivity index (χ2v) is 10.3. The zero-order valence-electron chi connectivity index (χ0n) is 23.9. The first-order chi connectivity index (χ1) is 21.2. The van der Waals surface area contributed by atoms with Gasteiger partial charge in [-0.05, 0) is 41.5 Å². The fraction of sp³-hybridized carbons (Fsp3) is 0.0811. The maximum Gasteiger partial charge on any atom is 0.216 e. The van der Waals surface area contributed by atoms with Crippen LogP contribution in [0.15, 0.2) is 121 Å². The van der Waals surface area contributed by atoms with Crippen molar-refractivity contribution in [1.29, 1.82) is 0 Å². The molecule has 0 radical (unpaired) electrons. The normalized spacial score (nSPS) is 11.6. The summed E-state index contributed by atoms with van der Waals surface area (Å²) in [5.74, 6) is 2.03. The summed E-state index contributed by atoms with van der Waals surface area (Å²) >= 11 is 0. The quantitative estimate of drug-likeness (QED) is 0.139. The van der Waals surface area contributed by atoms with Gasteiger partial charge >= 0.3 is 0 Å². The van der Waals surface area contributed by atoms with Crippen molar-refractivity contribution in [2.45, 2.75) is 6.54 Å². The molecule has 2 aromatic heterocycles. The van der Waals surface area contributed by atoms with Crippen LogP contribution in [0.1, 0.15) is 21.6 Å². The van der Waals surface area contributed by atoms with Crippen LogP contribution in [-0.4, -0.2) is 34.0 Å². The largest absolute Gasteiger partial charge is 0.496 e. The Balaban J connectivity index is 1.43. The molecule has 7 rings (SSSR count). The van der Waals surface area contributed by atoms with Crippen LogP contribution in [0.4, 0.5) is 0 Å². The molecule has 0 saturated heterocycles. The molecule has 0 N–H and O–H groups in total. The Hall–Kier alpha value is -5.62. The van der Waals surface area contributed by atoms with Gasteiger partial charge < -0.3 is 14.0 Å². The van der Waals surface area contributed by atoms with Gasteiger partial charge in [0.05, 0.1) is 31.8 Å². The first-order valence-corrected chi connectivity index (χ1v) is 14.1. The lowest BCUT2D eigenvalue weighted by Crippen LogP contribution is -2.02. The third kappa shape index (κ3) is 4.53. The zero-order chi connectivity index (χ0) is 29.3. The van der Waals surface area contributed by atoms with E-state index < -0.39 is 0 Å². The monoisotopic (exact) mass is 563 g/mol. The summed E-state index contributed by atoms with van der Waals surface area (Å²) in [6.07, 6.45) is 3.48. The molecule has 0 aliphatic carbocycles. The van der Waals surface area contributed by atoms with Crippen LogP contribution in [0.25, 0.3) is 44.9 Å². The summed E-state index contributed by atoms with van der Waals surface area (Å²) in [5.41, 5.74) is 6.00. The molecule has 0 fully saturated rings. The van der Waals surface area contributed by atoms with Crippen molar-refractivity contribution in [3.05, 3.63) is 138 Å². The van der Waals surface area contributed by atoms with Crippen LogP contribution in [0.3, 0.4) is 0 Å². The third-order valence-corrected chi connectivity index (χ3v) is 7.83. The number of carbonyl (C=O) groups is 1. The van der Waals surface area contributed by atoms with Crippen LogP contribution >= 0.6 is 0 Å². The Morgan fingerprint density at radius 2 is 1.44 bits per heavy atom. The number of nitrogens with zero attached hydrogens (tertiary/aromatic N) is 3. The summed E-state index contributed by atoms with van der Waals surface area (Å²) in [5, 5.41) is 1.80. The molecular weight excluding hydrogens is 534 g/mol. The highest BCUT2D eigenvalue weighted by Crippen LogP contribution is 2.36. The van der Waals surface area contributed by atoms with Gasteiger partial charge in [0.1, 0.15) is 22.9 Å². The maximum absolute atomic E-state index is 14.3. The second-order valence-electron chi connectivity index (χ2n) is 10.3. The van der Waals surface area contributed by atoms with E-state index >= 15 is 0 Å². The second kappa shape index (κ2) is 11.0. The molecule has 43 heavy (non-hydrogen) atoms. The minimum atomic E-state index is -0.146. The van der Waals surface area contributed by atoms with Crippen molar-refractivity contribution >= 4 is 39.4 Å². The molecule has 2 heterocycles. The van der Waals surface area contributed by atoms with Crippen molar-refractivity contribution in [2.24, 2.45) is 0 Å². The fourth-order valence-corrected chi connectivity index (χ4v) is 5.86. The topological polar surface area (TPSA) is 57.8 Å². The van der Waals surface area contributed by atoms with E-state index in [9.17, 15) is 4.79 Å². The smallest absolute Gasteiger partial charge is 0.216 e. The number of para-hydroxylation sites is 2. The van der Waals surface area contributed by atoms with Gasteiger partial charge in [0.25, 0.3) is 0 Å². The lowest BCUT2D eigenvalue weighted by Gasteiger charge is -2.11. The summed E-state index contributed by atoms with van der Waals surface area (Å²) < 4.78 is 15.5. The fourth-order valence-electron chi connectivity index (χ4n) is 5.86. The van der Waals surface area contributed by atoms with Crippen LogP contribution in [0.2, 0.25) is 0 Å². The van der Waals surface area contributed by atoms with Gasteiger partial charge in [-0.15, -0.1) is 0 Å². The number of fused-ring (bicyclic) bond motifs is 4. The predicted octanol–water partition coefficient (Wildman–Crippen LogP) is 8.07. The summed E-state index contributed by atoms with van der Waals surface area (Å²) in [7, 11) is 3.30. The Labute approximate surface area is 249 Å². The minimum Gasteiger partial charge on any atom is -0.496 e. The molecule has 0 bridgehead atoms. The van der Waals surface area contributed by atoms with Crippen molar-refractivity contribution < 1.29 is 14.3 Å². The molecule has 6 heteroatoms. The van der Waals surface area contributed by atoms with Gasteiger partial charge in [0.15, 0.2) is 0 Å². The molecule has 6 nitrogen and oxygen atoms in total. The number of methoxy groups -OCH3 is 2. The van der Waals surface area contributed by atoms with E-state index in [0.717, 1.165) is 50.0 Å². The van der Waals surface area contributed by atoms with E-state index in [1.165, 1.54) is 0 Å². The molecule has 5 aromatic carbocycles. The van der Waals surface area contributed by atoms with E-state index in [0.29, 0.717) is 23.7 Å². The number of allylic oxidation sites excluding steroid dienone is 1. The maximum atomic E-state index is 14.3. The Bertz CT molecular complexity index is 2140. The molecule has 0 unspecified atom stereocenters. The van der Waals surface area contributed by atoms with E-state index in [1.54, 1.807) is 20.3 Å². The summed E-state index contributed by atoms with van der Waals surface area (Å²) in [6.45, 7) is 0.629. The molecule has 0 atom stereocenters. The van der Waals surface area contributed by atoms with E-state index in [-0.39, 0.29) is 5.78 Å². The first kappa shape index (κ1) is 26.3. The van der Waals surface area contributed by atoms with Crippen molar-refractivity contribution in [3.63, 3.8) is 0 Å². The molecule has 210 valence electrons. The molecule has 0 saturated carbocycles. The Morgan fingerprint density at radius 3 is 2.19 bits per heavy atom. The number of aromatic nitrogens is 3. The van der Waals surface area contributed by atoms with E-state index in [1.807, 2.05) is 108 Å². The highest BCUT2D eigenvalue weighted by Gasteiger charge is 2.24. The number of rotatable bonds is 8. The van der Waals surface area contributed by atoms with Gasteiger partial charge in [-0.3, -0.25) is 9.20 Å². The van der Waals surface area contributed by atoms with Crippen molar-refractivity contribution in [1.82, 2.24) is 14.0 Å². The Kier molecular flexibility index (Phi) is 6.72. The van der Waals surface area contributed by atoms with Gasteiger partial charge in [0, 0.05) is 16.3 Å². The number of ketones is 1. The number of benzene rings is 5. The van der Waals surface area contributed by atoms with E-state index in [4.69, 9.17) is 14.5 Å². The number of carbonyl (C=O) groups excluding carboxylic acids is 1. The van der Waals surface area contributed by atoms with Crippen LogP contribution in [0.5, 0.6) is 11.5 Å². The summed E-state index contributed by atoms with van der Waals surface area (Å²) in [6, 6.07) is 38.0. The highest BCUT2D eigenvalue weighted by atomic mass is 16.5. The molecule has 0 spiro atoms. The number of hydrogen-bond acceptors (Lipinski definition) is 4. The molecular formula is C37H29N3O3. The van der Waals surface area contributed by atoms with E-state index in [2.05, 4.69) is 22.8 Å². The van der Waals surface area contributed by atoms with Crippen molar-refractivity contribution in [3.8, 4) is 22.8 Å². The van der Waals surface area contributed by atoms with Gasteiger partial charge in [-0.25, -0.2) is 4.98 Å². The highest BCUT2D eigenvalue weighted by molar-refractivity contribution is 6.12. The van der Waals surface area contributed by atoms with Crippen molar-refractivity contribution in [2.75, 3.05) is 14.2 Å². The minimum absolute atomic E-state index is 0.146. The summed E-state index contributed by atoms with van der Waals surface area (Å²) in [4.78, 5) is 19.4. The third-order valence-electron chi connectivity index (χ3n) is 7.83. The Morgan fingerprint density at radius 1 is 0.744 bits per heavy atom. The molecule has 0 aliphatic rings. The molecule has 7 aromatic rings. The average molecular weight is 564 g/mol. The number of hydrogen-bond donors (Lipinski definition) is 0. The number of ether oxygens (including phenoxy) is 2. The average Bonchev–Trinajstić information content (AvgIpc) is 3.60. The first-order valence-electron chi connectivity index (χ1n) is 14.1. The van der Waals surface area contributed by atoms with Crippen LogP contribution in [0, 0.1) is 0 Å². The zero-order valence-corrected chi connectivity index (χ0v) is 23.9. The SMILES string of the molecule is COc1ccc(/C=C\C(=O)c2c(-c3ccccc3)nc3n(Cc4ccccc4)c4ccccc4n23)c2c(OC)cccc12. The van der Waals surface area contributed by atoms with Crippen LogP contribution < -0.4 is 9.47 Å².